The maximum atomic E-state index is 14.6. The van der Waals surface area contributed by atoms with Crippen LogP contribution in [0.2, 0.25) is 0 Å². The molecule has 31 heavy (non-hydrogen) atoms. The molecule has 2 aromatic heterocycles. The first-order chi connectivity index (χ1) is 15.1. The zero-order valence-electron chi connectivity index (χ0n) is 17.5. The highest BCUT2D eigenvalue weighted by Crippen LogP contribution is 2.47. The fourth-order valence-electron chi connectivity index (χ4n) is 4.18. The second-order valence-corrected chi connectivity index (χ2v) is 8.48. The first-order valence-corrected chi connectivity index (χ1v) is 10.9. The SMILES string of the molecule is CC1CC1c1ccc(/C=C/C(=O)Nc2ccc(F)c(-c3nnc4n3CCCCC4)c2)o1. The van der Waals surface area contributed by atoms with Crippen molar-refractivity contribution < 1.29 is 13.6 Å². The smallest absolute Gasteiger partial charge is 0.248 e. The third-order valence-corrected chi connectivity index (χ3v) is 6.11. The van der Waals surface area contributed by atoms with Crippen LogP contribution in [0.4, 0.5) is 10.1 Å². The van der Waals surface area contributed by atoms with Crippen molar-refractivity contribution in [2.45, 2.75) is 51.5 Å². The van der Waals surface area contributed by atoms with Crippen molar-refractivity contribution in [1.29, 1.82) is 0 Å². The molecule has 3 aromatic rings. The number of hydrogen-bond donors (Lipinski definition) is 1. The van der Waals surface area contributed by atoms with E-state index in [0.29, 0.717) is 34.7 Å². The molecule has 1 fully saturated rings. The van der Waals surface area contributed by atoms with E-state index >= 15 is 0 Å². The van der Waals surface area contributed by atoms with E-state index in [2.05, 4.69) is 22.4 Å². The number of nitrogens with one attached hydrogen (secondary N) is 1. The summed E-state index contributed by atoms with van der Waals surface area (Å²) in [6, 6.07) is 8.35. The lowest BCUT2D eigenvalue weighted by atomic mass is 10.1. The van der Waals surface area contributed by atoms with E-state index in [1.807, 2.05) is 16.7 Å². The van der Waals surface area contributed by atoms with Crippen molar-refractivity contribution in [2.24, 2.45) is 5.92 Å². The Balaban J connectivity index is 1.31. The molecule has 3 heterocycles. The quantitative estimate of drug-likeness (QED) is 0.577. The normalized spacial score (nSPS) is 20.5. The maximum absolute atomic E-state index is 14.6. The number of rotatable bonds is 5. The number of aromatic nitrogens is 3. The van der Waals surface area contributed by atoms with Crippen LogP contribution in [-0.2, 0) is 17.8 Å². The number of amides is 1. The molecule has 2 atom stereocenters. The minimum absolute atomic E-state index is 0.310. The van der Waals surface area contributed by atoms with Crippen LogP contribution in [0.25, 0.3) is 17.5 Å². The summed E-state index contributed by atoms with van der Waals surface area (Å²) in [5.74, 6) is 3.50. The topological polar surface area (TPSA) is 73.0 Å². The lowest BCUT2D eigenvalue weighted by Crippen LogP contribution is -2.09. The average Bonchev–Trinajstić information content (AvgIpc) is 3.20. The molecule has 1 amide bonds. The van der Waals surface area contributed by atoms with Gasteiger partial charge in [-0.25, -0.2) is 4.39 Å². The molecule has 1 saturated carbocycles. The highest BCUT2D eigenvalue weighted by Gasteiger charge is 2.36. The molecule has 0 saturated heterocycles. The van der Waals surface area contributed by atoms with E-state index in [9.17, 15) is 9.18 Å². The molecule has 7 heteroatoms. The molecule has 0 bridgehead atoms. The number of benzene rings is 1. The van der Waals surface area contributed by atoms with Crippen molar-refractivity contribution in [1.82, 2.24) is 14.8 Å². The van der Waals surface area contributed by atoms with Gasteiger partial charge in [0.25, 0.3) is 0 Å². The van der Waals surface area contributed by atoms with Crippen LogP contribution in [0.15, 0.2) is 40.8 Å². The van der Waals surface area contributed by atoms with E-state index in [1.165, 1.54) is 12.1 Å². The van der Waals surface area contributed by atoms with Crippen molar-refractivity contribution in [2.75, 3.05) is 5.32 Å². The van der Waals surface area contributed by atoms with Gasteiger partial charge in [0.2, 0.25) is 5.91 Å². The van der Waals surface area contributed by atoms with E-state index in [-0.39, 0.29) is 11.7 Å². The third kappa shape index (κ3) is 4.17. The Hall–Kier alpha value is -3.22. The van der Waals surface area contributed by atoms with E-state index in [0.717, 1.165) is 50.2 Å². The molecule has 5 rings (SSSR count). The van der Waals surface area contributed by atoms with Gasteiger partial charge in [0.1, 0.15) is 23.2 Å². The Morgan fingerprint density at radius 3 is 2.94 bits per heavy atom. The molecule has 0 spiro atoms. The van der Waals surface area contributed by atoms with Gasteiger partial charge in [-0.3, -0.25) is 4.79 Å². The van der Waals surface area contributed by atoms with Crippen LogP contribution in [0, 0.1) is 11.7 Å². The number of nitrogens with zero attached hydrogens (tertiary/aromatic N) is 3. The largest absolute Gasteiger partial charge is 0.461 e. The van der Waals surface area contributed by atoms with Crippen molar-refractivity contribution in [3.63, 3.8) is 0 Å². The number of furan rings is 1. The second kappa shape index (κ2) is 8.13. The summed E-state index contributed by atoms with van der Waals surface area (Å²) in [5.41, 5.74) is 0.848. The second-order valence-electron chi connectivity index (χ2n) is 8.48. The fourth-order valence-corrected chi connectivity index (χ4v) is 4.18. The molecule has 0 radical (unpaired) electrons. The van der Waals surface area contributed by atoms with Crippen LogP contribution < -0.4 is 5.32 Å². The van der Waals surface area contributed by atoms with Gasteiger partial charge < -0.3 is 14.3 Å². The minimum atomic E-state index is -0.384. The summed E-state index contributed by atoms with van der Waals surface area (Å²) in [4.78, 5) is 12.4. The average molecular weight is 420 g/mol. The maximum Gasteiger partial charge on any atom is 0.248 e. The molecule has 1 aliphatic heterocycles. The fraction of sp³-hybridized carbons (Fsp3) is 0.375. The number of hydrogen-bond acceptors (Lipinski definition) is 4. The van der Waals surface area contributed by atoms with Gasteiger partial charge in [0.15, 0.2) is 5.82 Å². The lowest BCUT2D eigenvalue weighted by Gasteiger charge is -2.10. The van der Waals surface area contributed by atoms with Gasteiger partial charge >= 0.3 is 0 Å². The number of anilines is 1. The summed E-state index contributed by atoms with van der Waals surface area (Å²) in [6.07, 6.45) is 8.29. The number of carbonyl (C=O) groups is 1. The molecular formula is C24H25FN4O2. The highest BCUT2D eigenvalue weighted by molar-refractivity contribution is 6.02. The van der Waals surface area contributed by atoms with Crippen LogP contribution in [0.1, 0.15) is 55.9 Å². The summed E-state index contributed by atoms with van der Waals surface area (Å²) in [7, 11) is 0. The first-order valence-electron chi connectivity index (χ1n) is 10.9. The summed E-state index contributed by atoms with van der Waals surface area (Å²) < 4.78 is 22.4. The summed E-state index contributed by atoms with van der Waals surface area (Å²) in [6.45, 7) is 2.98. The van der Waals surface area contributed by atoms with Gasteiger partial charge in [-0.15, -0.1) is 10.2 Å². The number of carbonyl (C=O) groups excluding carboxylic acids is 1. The third-order valence-electron chi connectivity index (χ3n) is 6.11. The van der Waals surface area contributed by atoms with E-state index in [1.54, 1.807) is 18.2 Å². The van der Waals surface area contributed by atoms with Crippen LogP contribution in [-0.4, -0.2) is 20.7 Å². The Labute approximate surface area is 180 Å². The lowest BCUT2D eigenvalue weighted by molar-refractivity contribution is -0.111. The Bertz CT molecular complexity index is 1150. The molecule has 2 aliphatic rings. The Kier molecular flexibility index (Phi) is 5.18. The number of aryl methyl sites for hydroxylation is 1. The molecule has 1 N–H and O–H groups in total. The van der Waals surface area contributed by atoms with Gasteiger partial charge in [0, 0.05) is 30.6 Å². The number of fused-ring (bicyclic) bond motifs is 1. The summed E-state index contributed by atoms with van der Waals surface area (Å²) >= 11 is 0. The highest BCUT2D eigenvalue weighted by atomic mass is 19.1. The standard InChI is InChI=1S/C24H25FN4O2/c1-15-13-18(15)21-10-7-17(31-21)8-11-23(30)26-16-6-9-20(25)19(14-16)24-28-27-22-5-3-2-4-12-29(22)24/h6-11,14-15,18H,2-5,12-13H2,1H3,(H,26,30)/b11-8+. The Morgan fingerprint density at radius 2 is 2.10 bits per heavy atom. The van der Waals surface area contributed by atoms with Gasteiger partial charge in [0.05, 0.1) is 5.56 Å². The number of halogens is 1. The van der Waals surface area contributed by atoms with Gasteiger partial charge in [-0.05, 0) is 61.6 Å². The predicted molar refractivity (Wildman–Crippen MR) is 116 cm³/mol. The van der Waals surface area contributed by atoms with Crippen LogP contribution in [0.3, 0.4) is 0 Å². The van der Waals surface area contributed by atoms with E-state index in [4.69, 9.17) is 4.42 Å². The Morgan fingerprint density at radius 1 is 1.23 bits per heavy atom. The zero-order chi connectivity index (χ0) is 21.4. The molecular weight excluding hydrogens is 395 g/mol. The van der Waals surface area contributed by atoms with Crippen molar-refractivity contribution >= 4 is 17.7 Å². The minimum Gasteiger partial charge on any atom is -0.461 e. The molecule has 1 aromatic carbocycles. The zero-order valence-corrected chi connectivity index (χ0v) is 17.5. The van der Waals surface area contributed by atoms with Crippen molar-refractivity contribution in [3.8, 4) is 11.4 Å². The molecule has 2 unspecified atom stereocenters. The first kappa shape index (κ1) is 19.7. The monoisotopic (exact) mass is 420 g/mol. The predicted octanol–water partition coefficient (Wildman–Crippen LogP) is 5.18. The molecule has 6 nitrogen and oxygen atoms in total. The van der Waals surface area contributed by atoms with Gasteiger partial charge in [-0.1, -0.05) is 13.3 Å². The molecule has 1 aliphatic carbocycles. The van der Waals surface area contributed by atoms with E-state index < -0.39 is 0 Å². The van der Waals surface area contributed by atoms with Crippen LogP contribution in [0.5, 0.6) is 0 Å². The van der Waals surface area contributed by atoms with Crippen LogP contribution >= 0.6 is 0 Å². The van der Waals surface area contributed by atoms with Crippen molar-refractivity contribution in [3.05, 3.63) is 59.6 Å². The van der Waals surface area contributed by atoms with Gasteiger partial charge in [-0.2, -0.15) is 0 Å². The summed E-state index contributed by atoms with van der Waals surface area (Å²) in [5, 5.41) is 11.3. The molecule has 160 valence electrons.